The number of nitrogens with one attached hydrogen (secondary N) is 1. The first-order valence-electron chi connectivity index (χ1n) is 4.46. The van der Waals surface area contributed by atoms with Crippen LogP contribution in [-0.4, -0.2) is 42.3 Å². The molecule has 4 heteroatoms. The van der Waals surface area contributed by atoms with Crippen LogP contribution < -0.4 is 5.32 Å². The Bertz CT molecular complexity index is 195. The largest absolute Gasteiger partial charge is 0.465 e. The zero-order valence-corrected chi connectivity index (χ0v) is 6.99. The lowest BCUT2D eigenvalue weighted by atomic mass is 9.89. The summed E-state index contributed by atoms with van der Waals surface area (Å²) in [5.74, 6) is 1.29. The Labute approximate surface area is 71.5 Å². The van der Waals surface area contributed by atoms with Crippen LogP contribution in [-0.2, 0) is 0 Å². The van der Waals surface area contributed by atoms with Crippen LogP contribution in [0.4, 0.5) is 4.79 Å². The molecule has 0 bridgehead atoms. The first kappa shape index (κ1) is 7.86. The lowest BCUT2D eigenvalue weighted by Gasteiger charge is -2.32. The molecule has 68 valence electrons. The fraction of sp³-hybridized carbons (Fsp3) is 0.875. The van der Waals surface area contributed by atoms with Crippen molar-refractivity contribution in [1.82, 2.24) is 10.2 Å². The number of hydrogen-bond acceptors (Lipinski definition) is 2. The highest BCUT2D eigenvalue weighted by Gasteiger charge is 2.34. The van der Waals surface area contributed by atoms with Crippen molar-refractivity contribution >= 4 is 6.09 Å². The smallest absolute Gasteiger partial charge is 0.407 e. The van der Waals surface area contributed by atoms with Crippen LogP contribution in [0.25, 0.3) is 0 Å². The second kappa shape index (κ2) is 2.94. The van der Waals surface area contributed by atoms with Gasteiger partial charge in [-0.15, -0.1) is 0 Å². The number of amides is 1. The Hall–Kier alpha value is -0.770. The van der Waals surface area contributed by atoms with Crippen LogP contribution >= 0.6 is 0 Å². The Balaban J connectivity index is 1.96. The average molecular weight is 170 g/mol. The maximum absolute atomic E-state index is 10.6. The summed E-state index contributed by atoms with van der Waals surface area (Å²) in [6.45, 7) is 3.53. The van der Waals surface area contributed by atoms with Crippen molar-refractivity contribution in [2.75, 3.05) is 26.2 Å². The van der Waals surface area contributed by atoms with Gasteiger partial charge in [-0.05, 0) is 31.3 Å². The molecule has 2 saturated heterocycles. The quantitative estimate of drug-likeness (QED) is 0.546. The molecular weight excluding hydrogens is 156 g/mol. The summed E-state index contributed by atoms with van der Waals surface area (Å²) in [4.78, 5) is 12.2. The van der Waals surface area contributed by atoms with E-state index in [1.807, 2.05) is 0 Å². The number of likely N-dealkylation sites (tertiary alicyclic amines) is 1. The van der Waals surface area contributed by atoms with Gasteiger partial charge in [0.1, 0.15) is 0 Å². The molecule has 0 radical (unpaired) electrons. The lowest BCUT2D eigenvalue weighted by molar-refractivity contribution is 0.110. The summed E-state index contributed by atoms with van der Waals surface area (Å²) in [5, 5.41) is 12.1. The van der Waals surface area contributed by atoms with Gasteiger partial charge in [-0.3, -0.25) is 0 Å². The van der Waals surface area contributed by atoms with Gasteiger partial charge in [0.2, 0.25) is 0 Å². The van der Waals surface area contributed by atoms with E-state index < -0.39 is 6.09 Å². The van der Waals surface area contributed by atoms with Crippen molar-refractivity contribution < 1.29 is 9.90 Å². The van der Waals surface area contributed by atoms with Crippen molar-refractivity contribution in [3.8, 4) is 0 Å². The summed E-state index contributed by atoms with van der Waals surface area (Å²) in [7, 11) is 0. The molecule has 2 heterocycles. The van der Waals surface area contributed by atoms with Crippen LogP contribution in [0.2, 0.25) is 0 Å². The third-order valence-corrected chi connectivity index (χ3v) is 2.97. The third kappa shape index (κ3) is 1.27. The normalized spacial score (nSPS) is 34.8. The van der Waals surface area contributed by atoms with Crippen LogP contribution in [0.15, 0.2) is 0 Å². The average Bonchev–Trinajstić information content (AvgIpc) is 2.49. The molecule has 0 aromatic carbocycles. The monoisotopic (exact) mass is 170 g/mol. The standard InChI is InChI=1S/C8H14N2O2/c11-8(12)10-2-1-6-3-9-4-7(6)5-10/h6-7,9H,1-5H2,(H,11,12)/t6-,7-/m0/s1. The number of rotatable bonds is 0. The summed E-state index contributed by atoms with van der Waals surface area (Å²) in [6.07, 6.45) is 0.268. The molecular formula is C8H14N2O2. The molecule has 1 amide bonds. The highest BCUT2D eigenvalue weighted by Crippen LogP contribution is 2.26. The predicted octanol–water partition coefficient (Wildman–Crippen LogP) is 0.206. The first-order chi connectivity index (χ1) is 5.77. The van der Waals surface area contributed by atoms with Crippen molar-refractivity contribution in [3.63, 3.8) is 0 Å². The molecule has 2 atom stereocenters. The van der Waals surface area contributed by atoms with Gasteiger partial charge in [0.05, 0.1) is 0 Å². The second-order valence-corrected chi connectivity index (χ2v) is 3.70. The van der Waals surface area contributed by atoms with E-state index in [1.165, 1.54) is 4.90 Å². The van der Waals surface area contributed by atoms with Gasteiger partial charge in [0, 0.05) is 13.1 Å². The zero-order chi connectivity index (χ0) is 8.55. The fourth-order valence-corrected chi connectivity index (χ4v) is 2.21. The molecule has 2 rings (SSSR count). The van der Waals surface area contributed by atoms with E-state index in [9.17, 15) is 4.79 Å². The first-order valence-corrected chi connectivity index (χ1v) is 4.46. The van der Waals surface area contributed by atoms with Gasteiger partial charge in [-0.25, -0.2) is 4.79 Å². The Morgan fingerprint density at radius 2 is 2.17 bits per heavy atom. The van der Waals surface area contributed by atoms with E-state index >= 15 is 0 Å². The molecule has 0 aromatic rings. The van der Waals surface area contributed by atoms with E-state index in [2.05, 4.69) is 5.32 Å². The SMILES string of the molecule is O=C(O)N1CC[C@H]2CNC[C@H]2C1. The Morgan fingerprint density at radius 3 is 2.92 bits per heavy atom. The summed E-state index contributed by atoms with van der Waals surface area (Å²) >= 11 is 0. The number of hydrogen-bond donors (Lipinski definition) is 2. The summed E-state index contributed by atoms with van der Waals surface area (Å²) < 4.78 is 0. The minimum atomic E-state index is -0.764. The number of nitrogens with zero attached hydrogens (tertiary/aromatic N) is 1. The number of carboxylic acid groups (broad SMARTS) is 1. The topological polar surface area (TPSA) is 52.6 Å². The summed E-state index contributed by atoms with van der Waals surface area (Å²) in [6, 6.07) is 0. The molecule has 2 fully saturated rings. The van der Waals surface area contributed by atoms with Crippen LogP contribution in [0, 0.1) is 11.8 Å². The lowest BCUT2D eigenvalue weighted by Crippen LogP contribution is -2.42. The molecule has 0 spiro atoms. The van der Waals surface area contributed by atoms with Crippen LogP contribution in [0.1, 0.15) is 6.42 Å². The molecule has 4 nitrogen and oxygen atoms in total. The molecule has 2 N–H and O–H groups in total. The van der Waals surface area contributed by atoms with Crippen molar-refractivity contribution in [3.05, 3.63) is 0 Å². The maximum atomic E-state index is 10.6. The number of fused-ring (bicyclic) bond motifs is 1. The van der Waals surface area contributed by atoms with E-state index in [1.54, 1.807) is 0 Å². The van der Waals surface area contributed by atoms with Crippen molar-refractivity contribution in [2.45, 2.75) is 6.42 Å². The van der Waals surface area contributed by atoms with Gasteiger partial charge < -0.3 is 15.3 Å². The van der Waals surface area contributed by atoms with E-state index in [-0.39, 0.29) is 0 Å². The van der Waals surface area contributed by atoms with Gasteiger partial charge in [-0.1, -0.05) is 0 Å². The number of piperidine rings is 1. The van der Waals surface area contributed by atoms with Crippen LogP contribution in [0.5, 0.6) is 0 Å². The minimum Gasteiger partial charge on any atom is -0.465 e. The second-order valence-electron chi connectivity index (χ2n) is 3.70. The van der Waals surface area contributed by atoms with Crippen molar-refractivity contribution in [1.29, 1.82) is 0 Å². The van der Waals surface area contributed by atoms with E-state index in [0.29, 0.717) is 5.92 Å². The van der Waals surface area contributed by atoms with Crippen LogP contribution in [0.3, 0.4) is 0 Å². The summed E-state index contributed by atoms with van der Waals surface area (Å²) in [5.41, 5.74) is 0. The molecule has 2 aliphatic heterocycles. The molecule has 0 aliphatic carbocycles. The predicted molar refractivity (Wildman–Crippen MR) is 44.1 cm³/mol. The third-order valence-electron chi connectivity index (χ3n) is 2.97. The highest BCUT2D eigenvalue weighted by atomic mass is 16.4. The fourth-order valence-electron chi connectivity index (χ4n) is 2.21. The van der Waals surface area contributed by atoms with E-state index in [0.717, 1.165) is 38.5 Å². The number of carbonyl (C=O) groups is 1. The minimum absolute atomic E-state index is 0.565. The van der Waals surface area contributed by atoms with Gasteiger partial charge in [0.15, 0.2) is 0 Å². The Kier molecular flexibility index (Phi) is 1.92. The highest BCUT2D eigenvalue weighted by molar-refractivity contribution is 5.65. The van der Waals surface area contributed by atoms with Gasteiger partial charge in [0.25, 0.3) is 0 Å². The molecule has 0 aromatic heterocycles. The molecule has 12 heavy (non-hydrogen) atoms. The van der Waals surface area contributed by atoms with Gasteiger partial charge >= 0.3 is 6.09 Å². The van der Waals surface area contributed by atoms with E-state index in [4.69, 9.17) is 5.11 Å². The zero-order valence-electron chi connectivity index (χ0n) is 6.99. The van der Waals surface area contributed by atoms with Gasteiger partial charge in [-0.2, -0.15) is 0 Å². The Morgan fingerprint density at radius 1 is 1.42 bits per heavy atom. The molecule has 2 aliphatic rings. The maximum Gasteiger partial charge on any atom is 0.407 e. The van der Waals surface area contributed by atoms with Crippen molar-refractivity contribution in [2.24, 2.45) is 11.8 Å². The molecule has 0 saturated carbocycles. The molecule has 0 unspecified atom stereocenters.